The highest BCUT2D eigenvalue weighted by atomic mass is 32.2. The molecular weight excluding hydrogens is 1150 g/mol. The Morgan fingerprint density at radius 1 is 0.424 bits per heavy atom. The molecular formula is C85H115NO5S. The SMILES string of the molecule is CCCCCCCCOc1ccc(N2c3cc(CCc4ccc5c(c4)C4(c6cc(C)ccc6-5)c5cc(OCC(CC)CCCC)c(OCC(CC)CCCC)cc5-c5cc(OCC(CC)CCCC)c(OCC(CC)CCCC)cc54)ccc3C3SC(C)=CC32)cc1. The summed E-state index contributed by atoms with van der Waals surface area (Å²) in [6, 6.07) is 40.9. The van der Waals surface area contributed by atoms with E-state index < -0.39 is 5.41 Å². The minimum Gasteiger partial charge on any atom is -0.494 e. The molecule has 6 aromatic rings. The standard InChI is InChI=1S/C85H115NO5S/c1-12-21-26-27-28-29-46-87-68-41-39-67(40-42-68)86-78-50-66(38-45-71(78)84-79(86)48-60(11)92-84)36-35-65-37-44-70-69-43-34-59(10)47-74(69)85(75(70)49-65)76-53-82(90-57-63(19-8)32-24-15-4)80(88-55-61(17-6)30-22-13-2)51-72(76)73-52-81(89-56-62(18-7)31-23-14-3)83(54-77(73)85)91-58-64(20-9)33-25-16-5/h34,37-45,47-54,61-64,79,84H,12-33,35-36,46,55-58H2,1-11H3. The third kappa shape index (κ3) is 15.6. The Hall–Kier alpha value is -5.79. The number of hydrogen-bond acceptors (Lipinski definition) is 7. The Kier molecular flexibility index (Phi) is 25.2. The van der Waals surface area contributed by atoms with E-state index in [9.17, 15) is 0 Å². The van der Waals surface area contributed by atoms with E-state index in [1.54, 1.807) is 0 Å². The van der Waals surface area contributed by atoms with Gasteiger partial charge < -0.3 is 28.6 Å². The van der Waals surface area contributed by atoms with Crippen molar-refractivity contribution in [3.05, 3.63) is 159 Å². The maximum atomic E-state index is 7.28. The number of thioether (sulfide) groups is 1. The summed E-state index contributed by atoms with van der Waals surface area (Å²) in [5.74, 6) is 6.23. The van der Waals surface area contributed by atoms with Crippen molar-refractivity contribution >= 4 is 23.1 Å². The Bertz CT molecular complexity index is 3270. The predicted octanol–water partition coefficient (Wildman–Crippen LogP) is 24.5. The van der Waals surface area contributed by atoms with Gasteiger partial charge in [-0.1, -0.05) is 232 Å². The maximum Gasteiger partial charge on any atom is 0.161 e. The van der Waals surface area contributed by atoms with Crippen LogP contribution in [0.5, 0.6) is 28.7 Å². The van der Waals surface area contributed by atoms with E-state index in [1.807, 2.05) is 11.8 Å². The fourth-order valence-electron chi connectivity index (χ4n) is 15.3. The quantitative estimate of drug-likeness (QED) is 0.0355. The molecule has 1 spiro atoms. The molecule has 0 N–H and O–H groups in total. The van der Waals surface area contributed by atoms with Crippen LogP contribution in [0.15, 0.2) is 114 Å². The molecule has 6 nitrogen and oxygen atoms in total. The molecule has 2 heterocycles. The Labute approximate surface area is 561 Å². The summed E-state index contributed by atoms with van der Waals surface area (Å²) in [4.78, 5) is 4.00. The second kappa shape index (κ2) is 33.5. The number of benzene rings is 6. The topological polar surface area (TPSA) is 49.4 Å². The lowest BCUT2D eigenvalue weighted by molar-refractivity contribution is 0.199. The molecule has 4 aliphatic rings. The van der Waals surface area contributed by atoms with Crippen molar-refractivity contribution in [3.63, 3.8) is 0 Å². The second-order valence-electron chi connectivity index (χ2n) is 28.0. The van der Waals surface area contributed by atoms with Crippen LogP contribution >= 0.6 is 11.8 Å². The smallest absolute Gasteiger partial charge is 0.161 e. The fourth-order valence-corrected chi connectivity index (χ4v) is 16.5. The minimum absolute atomic E-state index is 0.277. The lowest BCUT2D eigenvalue weighted by atomic mass is 9.70. The third-order valence-corrected chi connectivity index (χ3v) is 22.6. The van der Waals surface area contributed by atoms with Gasteiger partial charge in [-0.05, 0) is 203 Å². The summed E-state index contributed by atoms with van der Waals surface area (Å²) in [7, 11) is 0. The molecule has 0 aromatic heterocycles. The van der Waals surface area contributed by atoms with Gasteiger partial charge in [0.2, 0.25) is 0 Å². The Morgan fingerprint density at radius 3 is 1.38 bits per heavy atom. The third-order valence-electron chi connectivity index (χ3n) is 21.3. The highest BCUT2D eigenvalue weighted by Gasteiger charge is 2.53. The van der Waals surface area contributed by atoms with E-state index in [0.29, 0.717) is 55.3 Å². The number of unbranched alkanes of at least 4 members (excludes halogenated alkanes) is 9. The Morgan fingerprint density at radius 2 is 0.870 bits per heavy atom. The van der Waals surface area contributed by atoms with Gasteiger partial charge in [-0.25, -0.2) is 0 Å². The monoisotopic (exact) mass is 1260 g/mol. The second-order valence-corrected chi connectivity index (χ2v) is 29.3. The van der Waals surface area contributed by atoms with Gasteiger partial charge in [0.25, 0.3) is 0 Å². The molecule has 0 fully saturated rings. The number of allylic oxidation sites excluding steroid dienone is 1. The summed E-state index contributed by atoms with van der Waals surface area (Å²) in [6.45, 7) is 28.8. The number of nitrogens with zero attached hydrogens (tertiary/aromatic N) is 1. The summed E-state index contributed by atoms with van der Waals surface area (Å²) >= 11 is 2.02. The number of hydrogen-bond donors (Lipinski definition) is 0. The zero-order valence-corrected chi connectivity index (χ0v) is 59.6. The summed E-state index contributed by atoms with van der Waals surface area (Å²) in [5.41, 5.74) is 17.4. The van der Waals surface area contributed by atoms with E-state index in [0.717, 1.165) is 106 Å². The molecule has 92 heavy (non-hydrogen) atoms. The first-order valence-electron chi connectivity index (χ1n) is 37.2. The zero-order valence-electron chi connectivity index (χ0n) is 58.8. The molecule has 6 unspecified atom stereocenters. The molecule has 0 saturated carbocycles. The van der Waals surface area contributed by atoms with Crippen LogP contribution < -0.4 is 28.6 Å². The van der Waals surface area contributed by atoms with E-state index in [-0.39, 0.29) is 6.04 Å². The Balaban J connectivity index is 1.07. The summed E-state index contributed by atoms with van der Waals surface area (Å²) in [5, 5.41) is 0.376. The normalized spacial score (nSPS) is 17.8. The fraction of sp³-hybridized carbons (Fsp3) is 0.553. The van der Waals surface area contributed by atoms with Crippen LogP contribution in [-0.2, 0) is 18.3 Å². The van der Waals surface area contributed by atoms with E-state index in [2.05, 4.69) is 190 Å². The number of aryl methyl sites for hydroxylation is 3. The first kappa shape index (κ1) is 69.1. The summed E-state index contributed by atoms with van der Waals surface area (Å²) in [6.07, 6.45) is 30.4. The van der Waals surface area contributed by atoms with Gasteiger partial charge in [-0.3, -0.25) is 0 Å². The van der Waals surface area contributed by atoms with E-state index in [4.69, 9.17) is 23.7 Å². The van der Waals surface area contributed by atoms with Crippen LogP contribution in [0.3, 0.4) is 0 Å². The average Bonchev–Trinajstić information content (AvgIpc) is 1.51. The number of rotatable bonds is 40. The average molecular weight is 1260 g/mol. The zero-order chi connectivity index (χ0) is 64.6. The van der Waals surface area contributed by atoms with E-state index in [1.165, 1.54) is 167 Å². The van der Waals surface area contributed by atoms with Crippen LogP contribution in [0.25, 0.3) is 22.3 Å². The molecule has 7 heteroatoms. The number of fused-ring (bicyclic) bond motifs is 13. The molecule has 2 aliphatic carbocycles. The molecule has 10 rings (SSSR count). The molecule has 6 atom stereocenters. The van der Waals surface area contributed by atoms with E-state index >= 15 is 0 Å². The molecule has 0 radical (unpaired) electrons. The largest absolute Gasteiger partial charge is 0.494 e. The predicted molar refractivity (Wildman–Crippen MR) is 392 cm³/mol. The van der Waals surface area contributed by atoms with Crippen LogP contribution in [0.4, 0.5) is 11.4 Å². The van der Waals surface area contributed by atoms with Gasteiger partial charge >= 0.3 is 0 Å². The van der Waals surface area contributed by atoms with Crippen LogP contribution in [0.1, 0.15) is 260 Å². The van der Waals surface area contributed by atoms with Gasteiger partial charge in [-0.15, -0.1) is 11.8 Å². The molecule has 0 saturated heterocycles. The van der Waals surface area contributed by atoms with Gasteiger partial charge in [0.15, 0.2) is 23.0 Å². The van der Waals surface area contributed by atoms with Crippen molar-refractivity contribution in [2.75, 3.05) is 37.9 Å². The maximum absolute atomic E-state index is 7.28. The van der Waals surface area contributed by atoms with Crippen LogP contribution in [-0.4, -0.2) is 39.1 Å². The molecule has 0 bridgehead atoms. The summed E-state index contributed by atoms with van der Waals surface area (Å²) < 4.78 is 35.3. The van der Waals surface area contributed by atoms with Gasteiger partial charge in [-0.2, -0.15) is 0 Å². The van der Waals surface area contributed by atoms with Crippen molar-refractivity contribution < 1.29 is 23.7 Å². The van der Waals surface area contributed by atoms with Gasteiger partial charge in [0.05, 0.1) is 49.7 Å². The molecule has 0 amide bonds. The van der Waals surface area contributed by atoms with Gasteiger partial charge in [0.1, 0.15) is 5.75 Å². The molecule has 6 aromatic carbocycles. The molecule has 496 valence electrons. The number of anilines is 2. The minimum atomic E-state index is -0.673. The molecule has 2 aliphatic heterocycles. The lowest BCUT2D eigenvalue weighted by Gasteiger charge is -2.32. The van der Waals surface area contributed by atoms with Gasteiger partial charge in [0, 0.05) is 11.4 Å². The lowest BCUT2D eigenvalue weighted by Crippen LogP contribution is -2.27. The van der Waals surface area contributed by atoms with Crippen molar-refractivity contribution in [1.82, 2.24) is 0 Å². The first-order valence-corrected chi connectivity index (χ1v) is 38.0. The van der Waals surface area contributed by atoms with Crippen LogP contribution in [0, 0.1) is 30.6 Å². The van der Waals surface area contributed by atoms with Crippen molar-refractivity contribution in [2.24, 2.45) is 23.7 Å². The number of ether oxygens (including phenoxy) is 5. The van der Waals surface area contributed by atoms with Crippen molar-refractivity contribution in [3.8, 4) is 51.0 Å². The highest BCUT2D eigenvalue weighted by molar-refractivity contribution is 8.03. The van der Waals surface area contributed by atoms with Crippen molar-refractivity contribution in [1.29, 1.82) is 0 Å². The van der Waals surface area contributed by atoms with Crippen LogP contribution in [0.2, 0.25) is 0 Å². The highest BCUT2D eigenvalue weighted by Crippen LogP contribution is 2.66. The van der Waals surface area contributed by atoms with Crippen molar-refractivity contribution in [2.45, 2.75) is 247 Å². The first-order chi connectivity index (χ1) is 45.0.